The van der Waals surface area contributed by atoms with E-state index >= 15 is 0 Å². The van der Waals surface area contributed by atoms with Crippen LogP contribution >= 0.6 is 19.2 Å². The Kier molecular flexibility index (Phi) is 11.1. The topological polar surface area (TPSA) is 87.9 Å². The highest BCUT2D eigenvalue weighted by atomic mass is 35.5. The van der Waals surface area contributed by atoms with E-state index < -0.39 is 19.6 Å². The Morgan fingerprint density at radius 1 is 1.00 bits per heavy atom. The average Bonchev–Trinajstić information content (AvgIpc) is 2.88. The fourth-order valence-corrected chi connectivity index (χ4v) is 5.66. The van der Waals surface area contributed by atoms with Gasteiger partial charge in [-0.2, -0.15) is 0 Å². The Morgan fingerprint density at radius 2 is 1.68 bits per heavy atom. The minimum absolute atomic E-state index is 0.133. The maximum Gasteiger partial charge on any atom is 0.335 e. The summed E-state index contributed by atoms with van der Waals surface area (Å²) in [5.74, 6) is -0.485. The summed E-state index contributed by atoms with van der Waals surface area (Å²) in [7, 11) is -3.28. The molecule has 8 heteroatoms. The molecule has 3 aromatic rings. The smallest absolute Gasteiger partial charge is 0.335 e. The van der Waals surface area contributed by atoms with Crippen LogP contribution in [0, 0.1) is 0 Å². The lowest BCUT2D eigenvalue weighted by atomic mass is 9.93. The summed E-state index contributed by atoms with van der Waals surface area (Å²) >= 11 is 6.10. The second kappa shape index (κ2) is 14.3. The first kappa shape index (κ1) is 28.8. The van der Waals surface area contributed by atoms with Gasteiger partial charge in [-0.05, 0) is 66.3 Å². The van der Waals surface area contributed by atoms with Gasteiger partial charge in [0.15, 0.2) is 0 Å². The van der Waals surface area contributed by atoms with Gasteiger partial charge in [0.2, 0.25) is 0 Å². The molecule has 0 radical (unpaired) electrons. The highest BCUT2D eigenvalue weighted by Gasteiger charge is 2.25. The first-order chi connectivity index (χ1) is 17.8. The number of rotatable bonds is 13. The van der Waals surface area contributed by atoms with E-state index in [-0.39, 0.29) is 32.4 Å². The first-order valence-corrected chi connectivity index (χ1v) is 14.3. The van der Waals surface area contributed by atoms with Crippen molar-refractivity contribution in [2.45, 2.75) is 32.5 Å². The van der Waals surface area contributed by atoms with Crippen molar-refractivity contribution in [3.05, 3.63) is 101 Å². The predicted molar refractivity (Wildman–Crippen MR) is 150 cm³/mol. The molecule has 0 aliphatic carbocycles. The third-order valence-corrected chi connectivity index (χ3v) is 7.84. The maximum atomic E-state index is 13.1. The van der Waals surface area contributed by atoms with Crippen molar-refractivity contribution in [2.24, 2.45) is 5.73 Å². The Hall–Kier alpha value is -2.73. The molecule has 0 saturated carbocycles. The normalized spacial score (nSPS) is 12.5. The van der Waals surface area contributed by atoms with Crippen LogP contribution < -0.4 is 5.73 Å². The number of nitrogens with two attached hydrogens (primary N) is 1. The van der Waals surface area contributed by atoms with E-state index in [0.29, 0.717) is 5.02 Å². The van der Waals surface area contributed by atoms with E-state index in [9.17, 15) is 9.36 Å². The molecule has 3 rings (SSSR count). The van der Waals surface area contributed by atoms with Gasteiger partial charge in [-0.25, -0.2) is 0 Å². The zero-order valence-corrected chi connectivity index (χ0v) is 22.8. The van der Waals surface area contributed by atoms with Gasteiger partial charge in [-0.3, -0.25) is 9.36 Å². The van der Waals surface area contributed by atoms with Gasteiger partial charge >= 0.3 is 13.6 Å². The molecule has 196 valence electrons. The summed E-state index contributed by atoms with van der Waals surface area (Å²) < 4.78 is 29.4. The largest absolute Gasteiger partial charge is 0.460 e. The summed E-state index contributed by atoms with van der Waals surface area (Å²) in [6.07, 6.45) is 4.08. The van der Waals surface area contributed by atoms with Crippen molar-refractivity contribution in [3.63, 3.8) is 0 Å². The third kappa shape index (κ3) is 8.96. The number of halogens is 1. The van der Waals surface area contributed by atoms with Gasteiger partial charge in [-0.1, -0.05) is 78.3 Å². The molecule has 0 heterocycles. The number of ether oxygens (including phenoxy) is 1. The molecule has 37 heavy (non-hydrogen) atoms. The molecule has 1 unspecified atom stereocenters. The molecule has 0 saturated heterocycles. The van der Waals surface area contributed by atoms with Crippen molar-refractivity contribution in [2.75, 3.05) is 19.8 Å². The van der Waals surface area contributed by atoms with Gasteiger partial charge in [0, 0.05) is 5.02 Å². The molecule has 6 nitrogen and oxygen atoms in total. The number of hydrogen-bond acceptors (Lipinski definition) is 6. The van der Waals surface area contributed by atoms with E-state index in [1.807, 2.05) is 66.7 Å². The molecule has 0 bridgehead atoms. The fraction of sp³-hybridized carbons (Fsp3) is 0.276. The van der Waals surface area contributed by atoms with Gasteiger partial charge in [0.1, 0.15) is 12.6 Å². The Bertz CT molecular complexity index is 1220. The van der Waals surface area contributed by atoms with E-state index in [0.717, 1.165) is 27.8 Å². The molecule has 3 aromatic carbocycles. The van der Waals surface area contributed by atoms with Gasteiger partial charge in [0.25, 0.3) is 0 Å². The highest BCUT2D eigenvalue weighted by molar-refractivity contribution is 7.53. The standard InChI is InChI=1S/C29H33ClNO5P/c1-3-35-37(33,36-4-2)21-23-12-13-25(27(19-23)24-14-16-26(30)17-15-24)20-28(31)29(32)34-18-8-11-22-9-6-5-7-10-22/h5-17,19,28H,3-4,18,20-21,31H2,1-2H3. The molecule has 0 aliphatic heterocycles. The van der Waals surface area contributed by atoms with E-state index in [1.54, 1.807) is 32.1 Å². The Morgan fingerprint density at radius 3 is 2.32 bits per heavy atom. The highest BCUT2D eigenvalue weighted by Crippen LogP contribution is 2.51. The molecular formula is C29H33ClNO5P. The maximum absolute atomic E-state index is 13.1. The molecule has 1 atom stereocenters. The van der Waals surface area contributed by atoms with Crippen molar-refractivity contribution >= 4 is 31.2 Å². The summed E-state index contributed by atoms with van der Waals surface area (Å²) in [6.45, 7) is 4.28. The SMILES string of the molecule is CCOP(=O)(Cc1ccc(CC(N)C(=O)OCC=Cc2ccccc2)c(-c2ccc(Cl)cc2)c1)OCC. The molecule has 0 aromatic heterocycles. The van der Waals surface area contributed by atoms with Crippen LogP contribution in [0.3, 0.4) is 0 Å². The Labute approximate surface area is 223 Å². The average molecular weight is 542 g/mol. The first-order valence-electron chi connectivity index (χ1n) is 12.2. The summed E-state index contributed by atoms with van der Waals surface area (Å²) in [6, 6.07) is 22.0. The van der Waals surface area contributed by atoms with Crippen molar-refractivity contribution in [3.8, 4) is 11.1 Å². The van der Waals surface area contributed by atoms with Crippen LogP contribution in [0.5, 0.6) is 0 Å². The zero-order valence-electron chi connectivity index (χ0n) is 21.1. The predicted octanol–water partition coefficient (Wildman–Crippen LogP) is 6.90. The summed E-state index contributed by atoms with van der Waals surface area (Å²) in [5.41, 5.74) is 10.7. The molecular weight excluding hydrogens is 509 g/mol. The minimum atomic E-state index is -3.28. The zero-order chi connectivity index (χ0) is 26.7. The number of carbonyl (C=O) groups is 1. The third-order valence-electron chi connectivity index (χ3n) is 5.53. The van der Waals surface area contributed by atoms with Crippen LogP contribution in [0.25, 0.3) is 17.2 Å². The van der Waals surface area contributed by atoms with Crippen LogP contribution in [-0.2, 0) is 35.7 Å². The van der Waals surface area contributed by atoms with E-state index in [1.165, 1.54) is 0 Å². The second-order valence-electron chi connectivity index (χ2n) is 8.36. The van der Waals surface area contributed by atoms with Crippen LogP contribution in [-0.4, -0.2) is 31.8 Å². The van der Waals surface area contributed by atoms with Gasteiger partial charge in [0.05, 0.1) is 19.4 Å². The summed E-state index contributed by atoms with van der Waals surface area (Å²) in [4.78, 5) is 12.6. The molecule has 0 amide bonds. The summed E-state index contributed by atoms with van der Waals surface area (Å²) in [5, 5.41) is 0.613. The lowest BCUT2D eigenvalue weighted by Crippen LogP contribution is -2.34. The van der Waals surface area contributed by atoms with Crippen LogP contribution in [0.4, 0.5) is 0 Å². The molecule has 0 aliphatic rings. The van der Waals surface area contributed by atoms with Crippen molar-refractivity contribution < 1.29 is 23.1 Å². The minimum Gasteiger partial charge on any atom is -0.460 e. The van der Waals surface area contributed by atoms with E-state index in [2.05, 4.69) is 0 Å². The second-order valence-corrected chi connectivity index (χ2v) is 10.8. The van der Waals surface area contributed by atoms with Crippen molar-refractivity contribution in [1.29, 1.82) is 0 Å². The van der Waals surface area contributed by atoms with Gasteiger partial charge in [-0.15, -0.1) is 0 Å². The van der Waals surface area contributed by atoms with Crippen LogP contribution in [0.15, 0.2) is 78.9 Å². The number of esters is 1. The van der Waals surface area contributed by atoms with Crippen molar-refractivity contribution in [1.82, 2.24) is 0 Å². The number of hydrogen-bond donors (Lipinski definition) is 1. The molecule has 0 fully saturated rings. The molecule has 2 N–H and O–H groups in total. The van der Waals surface area contributed by atoms with Crippen LogP contribution in [0.2, 0.25) is 5.02 Å². The molecule has 0 spiro atoms. The van der Waals surface area contributed by atoms with E-state index in [4.69, 9.17) is 31.1 Å². The lowest BCUT2D eigenvalue weighted by molar-refractivity contribution is -0.143. The van der Waals surface area contributed by atoms with Gasteiger partial charge < -0.3 is 19.5 Å². The number of carbonyl (C=O) groups excluding carboxylic acids is 1. The quantitative estimate of drug-likeness (QED) is 0.187. The lowest BCUT2D eigenvalue weighted by Gasteiger charge is -2.19. The monoisotopic (exact) mass is 541 g/mol. The number of benzene rings is 3. The Balaban J connectivity index is 1.76. The van der Waals surface area contributed by atoms with Crippen LogP contribution in [0.1, 0.15) is 30.5 Å². The fourth-order valence-electron chi connectivity index (χ4n) is 3.85.